The Hall–Kier alpha value is -2.90. The van der Waals surface area contributed by atoms with Gasteiger partial charge >= 0.3 is 0 Å². The number of hydrogen-bond donors (Lipinski definition) is 2. The molecule has 1 aliphatic heterocycles. The van der Waals surface area contributed by atoms with E-state index in [1.807, 2.05) is 12.1 Å². The van der Waals surface area contributed by atoms with E-state index in [-0.39, 0.29) is 36.6 Å². The van der Waals surface area contributed by atoms with Gasteiger partial charge in [0.15, 0.2) is 0 Å². The van der Waals surface area contributed by atoms with E-state index in [4.69, 9.17) is 0 Å². The average molecular weight is 415 g/mol. The quantitative estimate of drug-likeness (QED) is 0.524. The van der Waals surface area contributed by atoms with Gasteiger partial charge in [-0.25, -0.2) is 0 Å². The Labute approximate surface area is 176 Å². The van der Waals surface area contributed by atoms with Crippen LogP contribution < -0.4 is 15.8 Å². The van der Waals surface area contributed by atoms with Crippen molar-refractivity contribution < 1.29 is 19.2 Å². The smallest absolute Gasteiger partial charge is 0.269 e. The number of imide groups is 1. The molecule has 1 heterocycles. The summed E-state index contributed by atoms with van der Waals surface area (Å²) in [6.45, 7) is 5.93. The number of rotatable bonds is 7. The third-order valence-electron chi connectivity index (χ3n) is 6.07. The Kier molecular flexibility index (Phi) is 7.07. The van der Waals surface area contributed by atoms with E-state index in [0.29, 0.717) is 5.56 Å². The first kappa shape index (κ1) is 21.8. The first-order valence-corrected chi connectivity index (χ1v) is 10.8. The lowest BCUT2D eigenvalue weighted by molar-refractivity contribution is -0.140. The lowest BCUT2D eigenvalue weighted by atomic mass is 9.81. The van der Waals surface area contributed by atoms with Crippen LogP contribution in [0, 0.1) is 11.8 Å². The fraction of sp³-hybridized carbons (Fsp3) is 0.545. The van der Waals surface area contributed by atoms with E-state index in [2.05, 4.69) is 29.6 Å². The second kappa shape index (κ2) is 9.73. The molecule has 2 atom stereocenters. The molecule has 2 fully saturated rings. The van der Waals surface area contributed by atoms with E-state index in [1.54, 1.807) is 12.1 Å². The highest BCUT2D eigenvalue weighted by Gasteiger charge is 2.47. The van der Waals surface area contributed by atoms with Gasteiger partial charge in [-0.3, -0.25) is 34.9 Å². The molecule has 3 rings (SSSR count). The van der Waals surface area contributed by atoms with Gasteiger partial charge in [-0.15, -0.1) is 0 Å². The summed E-state index contributed by atoms with van der Waals surface area (Å²) in [6, 6.07) is 7.15. The molecule has 0 unspecified atom stereocenters. The topological polar surface area (TPSA) is 98.8 Å². The SMILES string of the molecule is CCN(CC)c1ccc(C(=O)NNC(=O)CCN2C(=O)[C@H]3CCCC[C@H]3C2=O)cc1. The molecule has 4 amide bonds. The molecule has 0 radical (unpaired) electrons. The van der Waals surface area contributed by atoms with Crippen molar-refractivity contribution in [1.82, 2.24) is 15.8 Å². The number of nitrogens with zero attached hydrogens (tertiary/aromatic N) is 2. The minimum absolute atomic E-state index is 0.0436. The number of hydrogen-bond acceptors (Lipinski definition) is 5. The number of benzene rings is 1. The molecule has 0 spiro atoms. The fourth-order valence-electron chi connectivity index (χ4n) is 4.34. The van der Waals surface area contributed by atoms with Crippen molar-refractivity contribution in [3.8, 4) is 0 Å². The summed E-state index contributed by atoms with van der Waals surface area (Å²) < 4.78 is 0. The lowest BCUT2D eigenvalue weighted by Gasteiger charge is -2.21. The molecule has 162 valence electrons. The Balaban J connectivity index is 1.46. The zero-order chi connectivity index (χ0) is 21.7. The second-order valence-electron chi connectivity index (χ2n) is 7.80. The maximum absolute atomic E-state index is 12.4. The van der Waals surface area contributed by atoms with Crippen LogP contribution in [0.25, 0.3) is 0 Å². The zero-order valence-corrected chi connectivity index (χ0v) is 17.6. The number of hydrazine groups is 1. The summed E-state index contributed by atoms with van der Waals surface area (Å²) in [7, 11) is 0. The van der Waals surface area contributed by atoms with Crippen LogP contribution in [0.5, 0.6) is 0 Å². The number of fused-ring (bicyclic) bond motifs is 1. The molecular weight excluding hydrogens is 384 g/mol. The Morgan fingerprint density at radius 2 is 1.53 bits per heavy atom. The standard InChI is InChI=1S/C22H30N4O4/c1-3-25(4-2)16-11-9-15(10-12-16)20(28)24-23-19(27)13-14-26-21(29)17-7-5-6-8-18(17)22(26)30/h9-12,17-18H,3-8,13-14H2,1-2H3,(H,23,27)(H,24,28)/t17-,18+. The molecule has 8 heteroatoms. The Bertz CT molecular complexity index is 780. The van der Waals surface area contributed by atoms with Crippen LogP contribution in [0.2, 0.25) is 0 Å². The Morgan fingerprint density at radius 3 is 2.07 bits per heavy atom. The normalized spacial score (nSPS) is 20.7. The molecule has 2 N–H and O–H groups in total. The van der Waals surface area contributed by atoms with Crippen LogP contribution in [-0.2, 0) is 14.4 Å². The maximum atomic E-state index is 12.4. The van der Waals surface area contributed by atoms with Crippen molar-refractivity contribution in [2.24, 2.45) is 11.8 Å². The maximum Gasteiger partial charge on any atom is 0.269 e. The lowest BCUT2D eigenvalue weighted by Crippen LogP contribution is -2.43. The van der Waals surface area contributed by atoms with Gasteiger partial charge in [0.25, 0.3) is 5.91 Å². The first-order chi connectivity index (χ1) is 14.5. The fourth-order valence-corrected chi connectivity index (χ4v) is 4.34. The van der Waals surface area contributed by atoms with Gasteiger partial charge in [0, 0.05) is 37.3 Å². The van der Waals surface area contributed by atoms with Crippen molar-refractivity contribution >= 4 is 29.3 Å². The number of anilines is 1. The highest BCUT2D eigenvalue weighted by molar-refractivity contribution is 6.05. The molecule has 0 aromatic heterocycles. The van der Waals surface area contributed by atoms with Gasteiger partial charge < -0.3 is 4.90 Å². The largest absolute Gasteiger partial charge is 0.372 e. The summed E-state index contributed by atoms with van der Waals surface area (Å²) in [5.74, 6) is -1.61. The molecular formula is C22H30N4O4. The molecule has 1 aromatic rings. The number of likely N-dealkylation sites (tertiary alicyclic amines) is 1. The zero-order valence-electron chi connectivity index (χ0n) is 17.6. The van der Waals surface area contributed by atoms with E-state index < -0.39 is 11.8 Å². The molecule has 1 aliphatic carbocycles. The van der Waals surface area contributed by atoms with Gasteiger partial charge in [-0.2, -0.15) is 0 Å². The van der Waals surface area contributed by atoms with Crippen LogP contribution in [0.4, 0.5) is 5.69 Å². The third-order valence-corrected chi connectivity index (χ3v) is 6.07. The predicted molar refractivity (Wildman–Crippen MR) is 112 cm³/mol. The minimum atomic E-state index is -0.446. The van der Waals surface area contributed by atoms with Crippen LogP contribution in [0.1, 0.15) is 56.3 Å². The number of carbonyl (C=O) groups is 4. The summed E-state index contributed by atoms with van der Waals surface area (Å²) in [5.41, 5.74) is 6.20. The van der Waals surface area contributed by atoms with Gasteiger partial charge in [0.05, 0.1) is 11.8 Å². The van der Waals surface area contributed by atoms with E-state index in [1.165, 1.54) is 4.90 Å². The molecule has 30 heavy (non-hydrogen) atoms. The molecule has 1 saturated heterocycles. The summed E-state index contributed by atoms with van der Waals surface area (Å²) in [4.78, 5) is 52.6. The Morgan fingerprint density at radius 1 is 0.967 bits per heavy atom. The van der Waals surface area contributed by atoms with Crippen molar-refractivity contribution in [3.63, 3.8) is 0 Å². The summed E-state index contributed by atoms with van der Waals surface area (Å²) >= 11 is 0. The second-order valence-corrected chi connectivity index (χ2v) is 7.80. The van der Waals surface area contributed by atoms with Crippen LogP contribution in [0.3, 0.4) is 0 Å². The van der Waals surface area contributed by atoms with Crippen molar-refractivity contribution in [3.05, 3.63) is 29.8 Å². The molecule has 8 nitrogen and oxygen atoms in total. The van der Waals surface area contributed by atoms with Crippen molar-refractivity contribution in [2.45, 2.75) is 46.0 Å². The van der Waals surface area contributed by atoms with Crippen molar-refractivity contribution in [2.75, 3.05) is 24.5 Å². The molecule has 0 bridgehead atoms. The highest BCUT2D eigenvalue weighted by Crippen LogP contribution is 2.37. The predicted octanol–water partition coefficient (Wildman–Crippen LogP) is 1.86. The number of nitrogens with one attached hydrogen (secondary N) is 2. The summed E-state index contributed by atoms with van der Waals surface area (Å²) in [6.07, 6.45) is 3.40. The number of carbonyl (C=O) groups excluding carboxylic acids is 4. The van der Waals surface area contributed by atoms with E-state index >= 15 is 0 Å². The van der Waals surface area contributed by atoms with Gasteiger partial charge in [-0.05, 0) is 51.0 Å². The van der Waals surface area contributed by atoms with Gasteiger partial charge in [-0.1, -0.05) is 12.8 Å². The summed E-state index contributed by atoms with van der Waals surface area (Å²) in [5, 5.41) is 0. The monoisotopic (exact) mass is 414 g/mol. The van der Waals surface area contributed by atoms with Crippen LogP contribution in [-0.4, -0.2) is 48.2 Å². The van der Waals surface area contributed by atoms with Crippen LogP contribution in [0.15, 0.2) is 24.3 Å². The first-order valence-electron chi connectivity index (χ1n) is 10.8. The van der Waals surface area contributed by atoms with E-state index in [9.17, 15) is 19.2 Å². The molecule has 1 saturated carbocycles. The average Bonchev–Trinajstić information content (AvgIpc) is 3.02. The van der Waals surface area contributed by atoms with Crippen LogP contribution >= 0.6 is 0 Å². The van der Waals surface area contributed by atoms with Gasteiger partial charge in [0.2, 0.25) is 17.7 Å². The molecule has 2 aliphatic rings. The number of amides is 4. The van der Waals surface area contributed by atoms with Gasteiger partial charge in [0.1, 0.15) is 0 Å². The minimum Gasteiger partial charge on any atom is -0.372 e. The third kappa shape index (κ3) is 4.63. The van der Waals surface area contributed by atoms with Crippen molar-refractivity contribution in [1.29, 1.82) is 0 Å². The van der Waals surface area contributed by atoms with E-state index in [0.717, 1.165) is 44.5 Å². The molecule has 1 aromatic carbocycles. The highest BCUT2D eigenvalue weighted by atomic mass is 16.2.